The average Bonchev–Trinajstić information content (AvgIpc) is 2.48. The second-order valence-electron chi connectivity index (χ2n) is 4.50. The Balaban J connectivity index is 1.91. The predicted molar refractivity (Wildman–Crippen MR) is 79.8 cm³/mol. The smallest absolute Gasteiger partial charge is 0.261 e. The second-order valence-corrected chi connectivity index (χ2v) is 4.91. The van der Waals surface area contributed by atoms with Gasteiger partial charge in [0.15, 0.2) is 6.10 Å². The van der Waals surface area contributed by atoms with Crippen molar-refractivity contribution in [3.63, 3.8) is 0 Å². The van der Waals surface area contributed by atoms with E-state index in [0.29, 0.717) is 16.3 Å². The van der Waals surface area contributed by atoms with Gasteiger partial charge in [-0.25, -0.2) is 4.39 Å². The van der Waals surface area contributed by atoms with Crippen LogP contribution in [0.3, 0.4) is 0 Å². The molecule has 0 spiro atoms. The van der Waals surface area contributed by atoms with Gasteiger partial charge >= 0.3 is 0 Å². The van der Waals surface area contributed by atoms with Crippen molar-refractivity contribution >= 4 is 17.5 Å². The quantitative estimate of drug-likeness (QED) is 0.917. The van der Waals surface area contributed by atoms with Crippen molar-refractivity contribution in [2.24, 2.45) is 0 Å². The number of halogens is 2. The number of ether oxygens (including phenoxy) is 1. The Bertz CT molecular complexity index is 633. The summed E-state index contributed by atoms with van der Waals surface area (Å²) in [6.07, 6.45) is -0.725. The number of rotatable bonds is 5. The molecule has 0 unspecified atom stereocenters. The van der Waals surface area contributed by atoms with E-state index in [9.17, 15) is 9.18 Å². The SMILES string of the molecule is C[C@@H](Oc1ccccc1Cl)C(=O)NCc1ccccc1F. The first-order valence-electron chi connectivity index (χ1n) is 6.50. The van der Waals surface area contributed by atoms with Crippen molar-refractivity contribution in [1.29, 1.82) is 0 Å². The number of nitrogens with one attached hydrogen (secondary N) is 1. The van der Waals surface area contributed by atoms with Crippen LogP contribution >= 0.6 is 11.6 Å². The van der Waals surface area contributed by atoms with Crippen LogP contribution in [0, 0.1) is 5.82 Å². The molecule has 0 bridgehead atoms. The number of para-hydroxylation sites is 1. The van der Waals surface area contributed by atoms with E-state index < -0.39 is 6.10 Å². The molecule has 1 N–H and O–H groups in total. The molecular formula is C16H15ClFNO2. The number of carbonyl (C=O) groups is 1. The predicted octanol–water partition coefficient (Wildman–Crippen LogP) is 3.56. The Hall–Kier alpha value is -2.07. The zero-order chi connectivity index (χ0) is 15.2. The van der Waals surface area contributed by atoms with E-state index >= 15 is 0 Å². The van der Waals surface area contributed by atoms with Crippen molar-refractivity contribution in [3.8, 4) is 5.75 Å². The van der Waals surface area contributed by atoms with Gasteiger partial charge in [-0.15, -0.1) is 0 Å². The lowest BCUT2D eigenvalue weighted by atomic mass is 10.2. The summed E-state index contributed by atoms with van der Waals surface area (Å²) in [5.74, 6) is -0.247. The number of hydrogen-bond acceptors (Lipinski definition) is 2. The van der Waals surface area contributed by atoms with Gasteiger partial charge < -0.3 is 10.1 Å². The van der Waals surface area contributed by atoms with Crippen LogP contribution in [0.5, 0.6) is 5.75 Å². The van der Waals surface area contributed by atoms with Crippen LogP contribution in [0.1, 0.15) is 12.5 Å². The summed E-state index contributed by atoms with van der Waals surface area (Å²) in [5, 5.41) is 3.07. The maximum Gasteiger partial charge on any atom is 0.261 e. The van der Waals surface area contributed by atoms with E-state index in [2.05, 4.69) is 5.32 Å². The van der Waals surface area contributed by atoms with E-state index in [4.69, 9.17) is 16.3 Å². The lowest BCUT2D eigenvalue weighted by molar-refractivity contribution is -0.127. The summed E-state index contributed by atoms with van der Waals surface area (Å²) >= 11 is 5.96. The van der Waals surface area contributed by atoms with Gasteiger partial charge in [0.1, 0.15) is 11.6 Å². The minimum atomic E-state index is -0.725. The average molecular weight is 308 g/mol. The number of amides is 1. The fourth-order valence-electron chi connectivity index (χ4n) is 1.75. The molecule has 5 heteroatoms. The molecule has 2 aromatic rings. The van der Waals surface area contributed by atoms with E-state index in [1.807, 2.05) is 0 Å². The lowest BCUT2D eigenvalue weighted by Gasteiger charge is -2.15. The lowest BCUT2D eigenvalue weighted by Crippen LogP contribution is -2.36. The molecular weight excluding hydrogens is 293 g/mol. The number of hydrogen-bond donors (Lipinski definition) is 1. The van der Waals surface area contributed by atoms with Crippen LogP contribution in [-0.2, 0) is 11.3 Å². The maximum atomic E-state index is 13.4. The summed E-state index contributed by atoms with van der Waals surface area (Å²) in [6.45, 7) is 1.72. The van der Waals surface area contributed by atoms with Gasteiger partial charge in [0.2, 0.25) is 0 Å². The van der Waals surface area contributed by atoms with Gasteiger partial charge in [0, 0.05) is 12.1 Å². The standard InChI is InChI=1S/C16H15ClFNO2/c1-11(21-15-9-5-3-7-13(15)17)16(20)19-10-12-6-2-4-8-14(12)18/h2-9,11H,10H2,1H3,(H,19,20)/t11-/m1/s1. The molecule has 0 heterocycles. The van der Waals surface area contributed by atoms with Crippen LogP contribution in [0.15, 0.2) is 48.5 Å². The van der Waals surface area contributed by atoms with E-state index in [0.717, 1.165) is 0 Å². The Kier molecular flexibility index (Phi) is 5.17. The minimum absolute atomic E-state index is 0.113. The minimum Gasteiger partial charge on any atom is -0.479 e. The van der Waals surface area contributed by atoms with Crippen molar-refractivity contribution in [2.75, 3.05) is 0 Å². The molecule has 0 radical (unpaired) electrons. The fraction of sp³-hybridized carbons (Fsp3) is 0.188. The normalized spacial score (nSPS) is 11.8. The zero-order valence-electron chi connectivity index (χ0n) is 11.5. The number of carbonyl (C=O) groups excluding carboxylic acids is 1. The van der Waals surface area contributed by atoms with Crippen molar-refractivity contribution < 1.29 is 13.9 Å². The molecule has 1 amide bonds. The third-order valence-corrected chi connectivity index (χ3v) is 3.23. The Labute approximate surface area is 127 Å². The van der Waals surface area contributed by atoms with Gasteiger partial charge in [-0.05, 0) is 25.1 Å². The first-order valence-corrected chi connectivity index (χ1v) is 6.88. The number of benzene rings is 2. The molecule has 3 nitrogen and oxygen atoms in total. The molecule has 0 aliphatic carbocycles. The Morgan fingerprint density at radius 1 is 1.24 bits per heavy atom. The van der Waals surface area contributed by atoms with Crippen LogP contribution in [-0.4, -0.2) is 12.0 Å². The molecule has 0 fully saturated rings. The first kappa shape index (κ1) is 15.3. The van der Waals surface area contributed by atoms with Crippen LogP contribution in [0.2, 0.25) is 5.02 Å². The van der Waals surface area contributed by atoms with Gasteiger partial charge in [0.05, 0.1) is 5.02 Å². The molecule has 0 saturated heterocycles. The van der Waals surface area contributed by atoms with Crippen LogP contribution in [0.25, 0.3) is 0 Å². The Morgan fingerprint density at radius 3 is 2.62 bits per heavy atom. The highest BCUT2D eigenvalue weighted by Crippen LogP contribution is 2.24. The second kappa shape index (κ2) is 7.09. The third-order valence-electron chi connectivity index (χ3n) is 2.92. The van der Waals surface area contributed by atoms with Crippen molar-refractivity contribution in [3.05, 3.63) is 64.9 Å². The molecule has 21 heavy (non-hydrogen) atoms. The molecule has 0 aromatic heterocycles. The fourth-order valence-corrected chi connectivity index (χ4v) is 1.93. The third kappa shape index (κ3) is 4.20. The molecule has 2 rings (SSSR count). The maximum absolute atomic E-state index is 13.4. The van der Waals surface area contributed by atoms with Gasteiger partial charge in [-0.1, -0.05) is 41.9 Å². The first-order chi connectivity index (χ1) is 10.1. The summed E-state index contributed by atoms with van der Waals surface area (Å²) in [5.41, 5.74) is 0.427. The van der Waals surface area contributed by atoms with E-state index in [1.54, 1.807) is 49.4 Å². The molecule has 0 saturated carbocycles. The highest BCUT2D eigenvalue weighted by atomic mass is 35.5. The summed E-state index contributed by atoms with van der Waals surface area (Å²) in [4.78, 5) is 11.9. The molecule has 0 aliphatic heterocycles. The topological polar surface area (TPSA) is 38.3 Å². The van der Waals surface area contributed by atoms with Crippen molar-refractivity contribution in [1.82, 2.24) is 5.32 Å². The summed E-state index contributed by atoms with van der Waals surface area (Å²) < 4.78 is 18.9. The van der Waals surface area contributed by atoms with Crippen molar-refractivity contribution in [2.45, 2.75) is 19.6 Å². The molecule has 110 valence electrons. The molecule has 2 aromatic carbocycles. The zero-order valence-corrected chi connectivity index (χ0v) is 12.2. The monoisotopic (exact) mass is 307 g/mol. The van der Waals surface area contributed by atoms with Crippen LogP contribution in [0.4, 0.5) is 4.39 Å². The van der Waals surface area contributed by atoms with Crippen LogP contribution < -0.4 is 10.1 Å². The largest absolute Gasteiger partial charge is 0.479 e. The van der Waals surface area contributed by atoms with Gasteiger partial charge in [0.25, 0.3) is 5.91 Å². The molecule has 0 aliphatic rings. The van der Waals surface area contributed by atoms with Gasteiger partial charge in [-0.3, -0.25) is 4.79 Å². The van der Waals surface area contributed by atoms with Gasteiger partial charge in [-0.2, -0.15) is 0 Å². The highest BCUT2D eigenvalue weighted by Gasteiger charge is 2.16. The molecule has 1 atom stereocenters. The van der Waals surface area contributed by atoms with E-state index in [-0.39, 0.29) is 18.3 Å². The summed E-state index contributed by atoms with van der Waals surface area (Å²) in [6, 6.07) is 13.2. The highest BCUT2D eigenvalue weighted by molar-refractivity contribution is 6.32. The van der Waals surface area contributed by atoms with E-state index in [1.165, 1.54) is 6.07 Å². The summed E-state index contributed by atoms with van der Waals surface area (Å²) in [7, 11) is 0. The Morgan fingerprint density at radius 2 is 1.90 bits per heavy atom.